The van der Waals surface area contributed by atoms with Gasteiger partial charge in [0, 0.05) is 38.3 Å². The zero-order valence-electron chi connectivity index (χ0n) is 18.9. The molecule has 2 aromatic rings. The number of likely N-dealkylation sites (tertiary alicyclic amines) is 1. The van der Waals surface area contributed by atoms with Gasteiger partial charge in [-0.3, -0.25) is 14.8 Å². The third-order valence-corrected chi connectivity index (χ3v) is 6.52. The van der Waals surface area contributed by atoms with Gasteiger partial charge in [0.1, 0.15) is 0 Å². The van der Waals surface area contributed by atoms with Crippen molar-refractivity contribution in [3.63, 3.8) is 0 Å². The number of fused-ring (bicyclic) bond motifs is 1. The van der Waals surface area contributed by atoms with E-state index in [1.165, 1.54) is 6.07 Å². The van der Waals surface area contributed by atoms with Crippen LogP contribution in [0.3, 0.4) is 0 Å². The summed E-state index contributed by atoms with van der Waals surface area (Å²) in [7, 11) is 0. The molecular weight excluding hydrogens is 398 g/mol. The fourth-order valence-electron chi connectivity index (χ4n) is 5.01. The first kappa shape index (κ1) is 21.9. The van der Waals surface area contributed by atoms with Gasteiger partial charge in [-0.25, -0.2) is 8.78 Å². The Balaban J connectivity index is 1.41. The molecule has 3 heterocycles. The minimum atomic E-state index is -0.807. The predicted octanol–water partition coefficient (Wildman–Crippen LogP) is 4.42. The Hall–Kier alpha value is -2.28. The minimum absolute atomic E-state index is 0.0257. The fourth-order valence-corrected chi connectivity index (χ4v) is 5.01. The molecule has 31 heavy (non-hydrogen) atoms. The maximum Gasteiger partial charge on any atom is 0.274 e. The van der Waals surface area contributed by atoms with E-state index in [1.807, 2.05) is 4.90 Å². The van der Waals surface area contributed by atoms with Crippen LogP contribution in [0.25, 0.3) is 0 Å². The van der Waals surface area contributed by atoms with Crippen LogP contribution in [0.1, 0.15) is 72.4 Å². The van der Waals surface area contributed by atoms with Crippen molar-refractivity contribution in [1.82, 2.24) is 20.0 Å². The van der Waals surface area contributed by atoms with E-state index in [2.05, 4.69) is 35.9 Å². The van der Waals surface area contributed by atoms with Crippen molar-refractivity contribution in [2.24, 2.45) is 5.41 Å². The number of amides is 1. The van der Waals surface area contributed by atoms with Crippen molar-refractivity contribution < 1.29 is 13.6 Å². The van der Waals surface area contributed by atoms with Gasteiger partial charge >= 0.3 is 0 Å². The van der Waals surface area contributed by atoms with Crippen LogP contribution < -0.4 is 0 Å². The second kappa shape index (κ2) is 8.34. The van der Waals surface area contributed by atoms with Gasteiger partial charge in [-0.1, -0.05) is 26.8 Å². The molecule has 0 saturated carbocycles. The molecule has 7 heteroatoms. The molecule has 2 aliphatic heterocycles. The normalized spacial score (nSPS) is 18.3. The third-order valence-electron chi connectivity index (χ3n) is 6.52. The molecule has 0 spiro atoms. The van der Waals surface area contributed by atoms with Crippen molar-refractivity contribution in [2.45, 2.75) is 59.4 Å². The Morgan fingerprint density at radius 1 is 1.19 bits per heavy atom. The van der Waals surface area contributed by atoms with Crippen molar-refractivity contribution in [1.29, 1.82) is 0 Å². The number of aromatic nitrogens is 2. The number of carbonyl (C=O) groups excluding carboxylic acids is 1. The van der Waals surface area contributed by atoms with Crippen LogP contribution in [0.2, 0.25) is 0 Å². The lowest BCUT2D eigenvalue weighted by Crippen LogP contribution is -2.40. The number of rotatable bonds is 3. The van der Waals surface area contributed by atoms with Gasteiger partial charge in [-0.15, -0.1) is 0 Å². The molecule has 1 N–H and O–H groups in total. The molecule has 0 unspecified atom stereocenters. The molecule has 4 rings (SSSR count). The molecule has 1 aromatic carbocycles. The van der Waals surface area contributed by atoms with Crippen LogP contribution in [0.5, 0.6) is 0 Å². The smallest absolute Gasteiger partial charge is 0.274 e. The average Bonchev–Trinajstić information content (AvgIpc) is 3.14. The van der Waals surface area contributed by atoms with Gasteiger partial charge in [0.2, 0.25) is 0 Å². The molecule has 1 saturated heterocycles. The summed E-state index contributed by atoms with van der Waals surface area (Å²) in [5.74, 6) is -1.46. The SMILES string of the molecule is Cc1c(C2CCN(C(=O)c3n[nH]c4c3CCN(CC(C)(C)C)C4)CC2)ccc(F)c1F. The maximum absolute atomic E-state index is 14.0. The molecule has 0 atom stereocenters. The number of aromatic amines is 1. The van der Waals surface area contributed by atoms with E-state index in [9.17, 15) is 13.6 Å². The highest BCUT2D eigenvalue weighted by Gasteiger charge is 2.31. The first-order valence-electron chi connectivity index (χ1n) is 11.2. The van der Waals surface area contributed by atoms with Gasteiger partial charge in [0.25, 0.3) is 5.91 Å². The number of benzene rings is 1. The fraction of sp³-hybridized carbons (Fsp3) is 0.583. The number of H-pyrrole nitrogens is 1. The topological polar surface area (TPSA) is 52.2 Å². The number of carbonyl (C=O) groups is 1. The van der Waals surface area contributed by atoms with E-state index in [-0.39, 0.29) is 17.2 Å². The van der Waals surface area contributed by atoms with Gasteiger partial charge in [0.15, 0.2) is 17.3 Å². The Kier molecular flexibility index (Phi) is 5.90. The van der Waals surface area contributed by atoms with Crippen LogP contribution in [0.4, 0.5) is 8.78 Å². The summed E-state index contributed by atoms with van der Waals surface area (Å²) < 4.78 is 27.4. The lowest BCUT2D eigenvalue weighted by atomic mass is 9.86. The first-order valence-corrected chi connectivity index (χ1v) is 11.2. The van der Waals surface area contributed by atoms with Crippen LogP contribution in [0.15, 0.2) is 12.1 Å². The van der Waals surface area contributed by atoms with Crippen LogP contribution in [-0.4, -0.2) is 52.1 Å². The largest absolute Gasteiger partial charge is 0.337 e. The molecule has 168 valence electrons. The number of piperidine rings is 1. The monoisotopic (exact) mass is 430 g/mol. The summed E-state index contributed by atoms with van der Waals surface area (Å²) in [5, 5.41) is 7.48. The average molecular weight is 431 g/mol. The van der Waals surface area contributed by atoms with Crippen LogP contribution in [-0.2, 0) is 13.0 Å². The van der Waals surface area contributed by atoms with E-state index in [4.69, 9.17) is 0 Å². The number of hydrogen-bond donors (Lipinski definition) is 1. The van der Waals surface area contributed by atoms with E-state index >= 15 is 0 Å². The summed E-state index contributed by atoms with van der Waals surface area (Å²) in [6, 6.07) is 2.89. The zero-order chi connectivity index (χ0) is 22.3. The molecule has 0 radical (unpaired) electrons. The van der Waals surface area contributed by atoms with Crippen molar-refractivity contribution in [3.8, 4) is 0 Å². The molecule has 1 aromatic heterocycles. The standard InChI is InChI=1S/C24H32F2N4O/c1-15-17(5-6-19(25)21(15)26)16-7-11-30(12-8-16)23(31)22-18-9-10-29(14-24(2,3)4)13-20(18)27-28-22/h5-6,16H,7-14H2,1-4H3,(H,27,28). The summed E-state index contributed by atoms with van der Waals surface area (Å²) in [6.45, 7) is 12.3. The highest BCUT2D eigenvalue weighted by Crippen LogP contribution is 2.33. The van der Waals surface area contributed by atoms with Crippen molar-refractivity contribution >= 4 is 5.91 Å². The molecule has 0 aliphatic carbocycles. The number of nitrogens with one attached hydrogen (secondary N) is 1. The maximum atomic E-state index is 14.0. The molecule has 1 fully saturated rings. The highest BCUT2D eigenvalue weighted by molar-refractivity contribution is 5.94. The lowest BCUT2D eigenvalue weighted by Gasteiger charge is -2.34. The molecule has 2 aliphatic rings. The second-order valence-electron chi connectivity index (χ2n) is 10.2. The summed E-state index contributed by atoms with van der Waals surface area (Å²) in [6.07, 6.45) is 2.31. The molecule has 1 amide bonds. The number of nitrogens with zero attached hydrogens (tertiary/aromatic N) is 3. The Bertz CT molecular complexity index is 971. The van der Waals surface area contributed by atoms with Gasteiger partial charge in [-0.05, 0) is 54.7 Å². The molecule has 5 nitrogen and oxygen atoms in total. The van der Waals surface area contributed by atoms with Crippen LogP contribution in [0, 0.1) is 24.0 Å². The van der Waals surface area contributed by atoms with Crippen molar-refractivity contribution in [3.05, 3.63) is 51.8 Å². The second-order valence-corrected chi connectivity index (χ2v) is 10.2. The van der Waals surface area contributed by atoms with E-state index in [1.54, 1.807) is 13.0 Å². The third kappa shape index (κ3) is 4.52. The summed E-state index contributed by atoms with van der Waals surface area (Å²) >= 11 is 0. The van der Waals surface area contributed by atoms with E-state index in [0.29, 0.717) is 24.3 Å². The number of halogens is 2. The summed E-state index contributed by atoms with van der Waals surface area (Å²) in [5.41, 5.74) is 4.10. The van der Waals surface area contributed by atoms with E-state index in [0.717, 1.165) is 55.7 Å². The Morgan fingerprint density at radius 3 is 2.58 bits per heavy atom. The Morgan fingerprint density at radius 2 is 1.90 bits per heavy atom. The minimum Gasteiger partial charge on any atom is -0.337 e. The Labute approximate surface area is 182 Å². The number of hydrogen-bond acceptors (Lipinski definition) is 3. The summed E-state index contributed by atoms with van der Waals surface area (Å²) in [4.78, 5) is 17.4. The highest BCUT2D eigenvalue weighted by atomic mass is 19.2. The van der Waals surface area contributed by atoms with Gasteiger partial charge in [-0.2, -0.15) is 5.10 Å². The van der Waals surface area contributed by atoms with Gasteiger partial charge < -0.3 is 4.90 Å². The quantitative estimate of drug-likeness (QED) is 0.784. The zero-order valence-corrected chi connectivity index (χ0v) is 18.9. The predicted molar refractivity (Wildman–Crippen MR) is 116 cm³/mol. The van der Waals surface area contributed by atoms with Gasteiger partial charge in [0.05, 0.1) is 5.69 Å². The first-order chi connectivity index (χ1) is 14.6. The van der Waals surface area contributed by atoms with E-state index < -0.39 is 11.6 Å². The molecule has 0 bridgehead atoms. The molecular formula is C24H32F2N4O. The van der Waals surface area contributed by atoms with Crippen LogP contribution >= 0.6 is 0 Å². The van der Waals surface area contributed by atoms with Crippen molar-refractivity contribution in [2.75, 3.05) is 26.2 Å². The lowest BCUT2D eigenvalue weighted by molar-refractivity contribution is 0.0705.